The Balaban J connectivity index is 1.94. The molecule has 0 N–H and O–H groups in total. The number of hydrogen-bond donors (Lipinski definition) is 0. The van der Waals surface area contributed by atoms with E-state index in [-0.39, 0.29) is 5.82 Å². The van der Waals surface area contributed by atoms with Crippen LogP contribution in [0.2, 0.25) is 0 Å². The molecule has 0 amide bonds. The van der Waals surface area contributed by atoms with Gasteiger partial charge in [0.15, 0.2) is 0 Å². The zero-order valence-electron chi connectivity index (χ0n) is 10.5. The van der Waals surface area contributed by atoms with Crippen molar-refractivity contribution >= 4 is 27.4 Å². The molecule has 98 valence electrons. The number of halogens is 2. The van der Waals surface area contributed by atoms with Gasteiger partial charge < -0.3 is 4.90 Å². The Kier molecular flexibility index (Phi) is 3.22. The van der Waals surface area contributed by atoms with Crippen LogP contribution in [0.3, 0.4) is 0 Å². The van der Waals surface area contributed by atoms with Crippen molar-refractivity contribution in [3.05, 3.63) is 46.6 Å². The van der Waals surface area contributed by atoms with Crippen LogP contribution in [0.1, 0.15) is 24.6 Å². The van der Waals surface area contributed by atoms with Crippen LogP contribution in [0.5, 0.6) is 0 Å². The highest BCUT2D eigenvalue weighted by Crippen LogP contribution is 2.39. The Morgan fingerprint density at radius 2 is 1.89 bits per heavy atom. The van der Waals surface area contributed by atoms with Crippen molar-refractivity contribution in [1.82, 2.24) is 9.97 Å². The molecule has 5 heteroatoms. The summed E-state index contributed by atoms with van der Waals surface area (Å²) in [5, 5.41) is 0. The average molecular weight is 322 g/mol. The second-order valence-electron chi connectivity index (χ2n) is 4.72. The van der Waals surface area contributed by atoms with Gasteiger partial charge in [-0.3, -0.25) is 0 Å². The molecule has 0 spiro atoms. The van der Waals surface area contributed by atoms with Gasteiger partial charge in [0.1, 0.15) is 22.1 Å². The van der Waals surface area contributed by atoms with Gasteiger partial charge in [0, 0.05) is 24.7 Å². The summed E-state index contributed by atoms with van der Waals surface area (Å²) in [6, 6.07) is 8.24. The second-order valence-corrected chi connectivity index (χ2v) is 5.53. The lowest BCUT2D eigenvalue weighted by Crippen LogP contribution is -2.12. The average Bonchev–Trinajstić information content (AvgIpc) is 3.22. The summed E-state index contributed by atoms with van der Waals surface area (Å²) in [5.74, 6) is 1.96. The fraction of sp³-hybridized carbons (Fsp3) is 0.286. The summed E-state index contributed by atoms with van der Waals surface area (Å²) in [7, 11) is 1.92. The first-order valence-corrected chi connectivity index (χ1v) is 6.96. The van der Waals surface area contributed by atoms with E-state index >= 15 is 0 Å². The number of rotatable bonds is 3. The maximum absolute atomic E-state index is 12.9. The van der Waals surface area contributed by atoms with Crippen LogP contribution in [0.15, 0.2) is 34.9 Å². The normalized spacial score (nSPS) is 14.5. The minimum atomic E-state index is -0.236. The Morgan fingerprint density at radius 1 is 1.21 bits per heavy atom. The molecule has 19 heavy (non-hydrogen) atoms. The quantitative estimate of drug-likeness (QED) is 0.799. The van der Waals surface area contributed by atoms with Gasteiger partial charge in [0.2, 0.25) is 0 Å². The Hall–Kier alpha value is -1.49. The zero-order valence-corrected chi connectivity index (χ0v) is 12.1. The van der Waals surface area contributed by atoms with E-state index in [0.29, 0.717) is 5.92 Å². The zero-order chi connectivity index (χ0) is 13.4. The van der Waals surface area contributed by atoms with Gasteiger partial charge in [-0.25, -0.2) is 14.4 Å². The van der Waals surface area contributed by atoms with Gasteiger partial charge in [-0.1, -0.05) is 0 Å². The van der Waals surface area contributed by atoms with Crippen molar-refractivity contribution < 1.29 is 4.39 Å². The van der Waals surface area contributed by atoms with Crippen LogP contribution in [0, 0.1) is 5.82 Å². The number of nitrogens with zero attached hydrogens (tertiary/aromatic N) is 3. The molecule has 1 saturated carbocycles. The first-order valence-electron chi connectivity index (χ1n) is 6.17. The molecule has 0 saturated heterocycles. The van der Waals surface area contributed by atoms with Crippen LogP contribution in [-0.4, -0.2) is 17.0 Å². The molecular weight excluding hydrogens is 309 g/mol. The minimum absolute atomic E-state index is 0.236. The standard InChI is InChI=1S/C14H13BrFN3/c1-19(11-6-4-10(16)5-7-11)13-8-12(15)17-14(18-13)9-2-3-9/h4-9H,2-3H2,1H3. The Labute approximate surface area is 119 Å². The van der Waals surface area contributed by atoms with E-state index in [4.69, 9.17) is 0 Å². The summed E-state index contributed by atoms with van der Waals surface area (Å²) in [5.41, 5.74) is 0.897. The highest BCUT2D eigenvalue weighted by Gasteiger charge is 2.27. The van der Waals surface area contributed by atoms with Crippen LogP contribution < -0.4 is 4.90 Å². The van der Waals surface area contributed by atoms with E-state index in [9.17, 15) is 4.39 Å². The molecular formula is C14H13BrFN3. The molecule has 1 fully saturated rings. The van der Waals surface area contributed by atoms with E-state index in [1.165, 1.54) is 12.1 Å². The smallest absolute Gasteiger partial charge is 0.137 e. The maximum atomic E-state index is 12.9. The van der Waals surface area contributed by atoms with Gasteiger partial charge in [-0.15, -0.1) is 0 Å². The molecule has 1 aromatic carbocycles. The molecule has 0 aliphatic heterocycles. The van der Waals surface area contributed by atoms with Crippen molar-refractivity contribution in [3.63, 3.8) is 0 Å². The molecule has 1 aliphatic rings. The molecule has 0 radical (unpaired) electrons. The monoisotopic (exact) mass is 321 g/mol. The molecule has 3 rings (SSSR count). The molecule has 1 aromatic heterocycles. The van der Waals surface area contributed by atoms with Crippen LogP contribution in [0.25, 0.3) is 0 Å². The minimum Gasteiger partial charge on any atom is -0.329 e. The predicted octanol–water partition coefficient (Wildman–Crippen LogP) is 4.02. The fourth-order valence-corrected chi connectivity index (χ4v) is 2.30. The van der Waals surface area contributed by atoms with Gasteiger partial charge in [0.05, 0.1) is 0 Å². The lowest BCUT2D eigenvalue weighted by atomic mass is 10.3. The summed E-state index contributed by atoms with van der Waals surface area (Å²) < 4.78 is 13.7. The first kappa shape index (κ1) is 12.5. The number of anilines is 2. The highest BCUT2D eigenvalue weighted by atomic mass is 79.9. The molecule has 1 heterocycles. The number of aromatic nitrogens is 2. The fourth-order valence-electron chi connectivity index (χ4n) is 1.92. The van der Waals surface area contributed by atoms with Gasteiger partial charge in [-0.05, 0) is 53.0 Å². The largest absolute Gasteiger partial charge is 0.329 e. The Morgan fingerprint density at radius 3 is 2.53 bits per heavy atom. The third kappa shape index (κ3) is 2.76. The topological polar surface area (TPSA) is 29.0 Å². The molecule has 1 aliphatic carbocycles. The summed E-state index contributed by atoms with van der Waals surface area (Å²) in [6.07, 6.45) is 2.33. The summed E-state index contributed by atoms with van der Waals surface area (Å²) >= 11 is 3.42. The predicted molar refractivity (Wildman–Crippen MR) is 76.2 cm³/mol. The van der Waals surface area contributed by atoms with Crippen molar-refractivity contribution in [1.29, 1.82) is 0 Å². The molecule has 0 atom stereocenters. The van der Waals surface area contributed by atoms with E-state index in [1.807, 2.05) is 18.0 Å². The van der Waals surface area contributed by atoms with Crippen molar-refractivity contribution in [3.8, 4) is 0 Å². The number of benzene rings is 1. The lowest BCUT2D eigenvalue weighted by Gasteiger charge is -2.19. The molecule has 0 unspecified atom stereocenters. The maximum Gasteiger partial charge on any atom is 0.137 e. The highest BCUT2D eigenvalue weighted by molar-refractivity contribution is 9.10. The van der Waals surface area contributed by atoms with Gasteiger partial charge in [-0.2, -0.15) is 0 Å². The summed E-state index contributed by atoms with van der Waals surface area (Å²) in [4.78, 5) is 10.9. The van der Waals surface area contributed by atoms with E-state index in [2.05, 4.69) is 25.9 Å². The molecule has 3 nitrogen and oxygen atoms in total. The molecule has 2 aromatic rings. The van der Waals surface area contributed by atoms with Gasteiger partial charge in [0.25, 0.3) is 0 Å². The first-order chi connectivity index (χ1) is 9.13. The SMILES string of the molecule is CN(c1ccc(F)cc1)c1cc(Br)nc(C2CC2)n1. The van der Waals surface area contributed by atoms with Crippen molar-refractivity contribution in [2.75, 3.05) is 11.9 Å². The lowest BCUT2D eigenvalue weighted by molar-refractivity contribution is 0.628. The van der Waals surface area contributed by atoms with E-state index in [0.717, 1.165) is 34.8 Å². The van der Waals surface area contributed by atoms with Crippen LogP contribution >= 0.6 is 15.9 Å². The third-order valence-electron chi connectivity index (χ3n) is 3.20. The van der Waals surface area contributed by atoms with Gasteiger partial charge >= 0.3 is 0 Å². The van der Waals surface area contributed by atoms with Crippen molar-refractivity contribution in [2.45, 2.75) is 18.8 Å². The molecule has 0 bridgehead atoms. The van der Waals surface area contributed by atoms with Crippen molar-refractivity contribution in [2.24, 2.45) is 0 Å². The van der Waals surface area contributed by atoms with E-state index < -0.39 is 0 Å². The van der Waals surface area contributed by atoms with Crippen LogP contribution in [0.4, 0.5) is 15.9 Å². The number of hydrogen-bond acceptors (Lipinski definition) is 3. The Bertz CT molecular complexity index is 596. The second kappa shape index (κ2) is 4.89. The third-order valence-corrected chi connectivity index (χ3v) is 3.60. The van der Waals surface area contributed by atoms with Crippen LogP contribution in [-0.2, 0) is 0 Å². The summed E-state index contributed by atoms with van der Waals surface area (Å²) in [6.45, 7) is 0. The van der Waals surface area contributed by atoms with E-state index in [1.54, 1.807) is 12.1 Å².